The highest BCUT2D eigenvalue weighted by molar-refractivity contribution is 5.96. The van der Waals surface area contributed by atoms with Crippen molar-refractivity contribution in [3.05, 3.63) is 23.8 Å². The molecule has 0 spiro atoms. The van der Waals surface area contributed by atoms with Crippen LogP contribution in [0.4, 0.5) is 10.5 Å². The molecule has 174 valence electrons. The quantitative estimate of drug-likeness (QED) is 0.376. The number of anilines is 1. The predicted molar refractivity (Wildman–Crippen MR) is 120 cm³/mol. The van der Waals surface area contributed by atoms with E-state index in [1.807, 2.05) is 0 Å². The van der Waals surface area contributed by atoms with E-state index < -0.39 is 29.6 Å². The minimum Gasteiger partial charge on any atom is -0.506 e. The summed E-state index contributed by atoms with van der Waals surface area (Å²) in [6.45, 7) is 10.8. The van der Waals surface area contributed by atoms with Crippen molar-refractivity contribution in [3.63, 3.8) is 0 Å². The summed E-state index contributed by atoms with van der Waals surface area (Å²) >= 11 is 0. The molecule has 0 saturated heterocycles. The van der Waals surface area contributed by atoms with Gasteiger partial charge in [0.05, 0.1) is 18.3 Å². The second-order valence-electron chi connectivity index (χ2n) is 9.08. The average molecular weight is 437 g/mol. The molecular formula is C22H36N4O5. The molecule has 1 aromatic carbocycles. The highest BCUT2D eigenvalue weighted by Gasteiger charge is 2.21. The highest BCUT2D eigenvalue weighted by Crippen LogP contribution is 2.25. The Hall–Kier alpha value is -2.81. The maximum absolute atomic E-state index is 12.2. The maximum atomic E-state index is 12.2. The second-order valence-corrected chi connectivity index (χ2v) is 9.08. The molecule has 0 heterocycles. The van der Waals surface area contributed by atoms with Crippen LogP contribution in [0.2, 0.25) is 0 Å². The molecule has 9 nitrogen and oxygen atoms in total. The van der Waals surface area contributed by atoms with E-state index >= 15 is 0 Å². The van der Waals surface area contributed by atoms with Crippen LogP contribution in [0.3, 0.4) is 0 Å². The molecule has 3 amide bonds. The average Bonchev–Trinajstić information content (AvgIpc) is 2.60. The molecule has 0 aliphatic heterocycles. The topological polar surface area (TPSA) is 143 Å². The molecule has 0 fully saturated rings. The summed E-state index contributed by atoms with van der Waals surface area (Å²) in [5.74, 6) is -0.703. The van der Waals surface area contributed by atoms with Crippen molar-refractivity contribution in [2.75, 3.05) is 11.9 Å². The van der Waals surface area contributed by atoms with Crippen LogP contribution in [0.25, 0.3) is 0 Å². The zero-order valence-electron chi connectivity index (χ0n) is 19.2. The number of benzene rings is 1. The first-order chi connectivity index (χ1) is 14.3. The first-order valence-corrected chi connectivity index (χ1v) is 10.4. The molecule has 6 N–H and O–H groups in total. The predicted octanol–water partition coefficient (Wildman–Crippen LogP) is 2.28. The van der Waals surface area contributed by atoms with Crippen molar-refractivity contribution in [1.82, 2.24) is 10.6 Å². The normalized spacial score (nSPS) is 13.3. The number of alkyl carbamates (subject to hydrolysis) is 1. The van der Waals surface area contributed by atoms with E-state index in [4.69, 9.17) is 10.5 Å². The lowest BCUT2D eigenvalue weighted by Crippen LogP contribution is -2.42. The molecule has 0 saturated carbocycles. The molecule has 9 heteroatoms. The summed E-state index contributed by atoms with van der Waals surface area (Å²) in [5.41, 5.74) is 5.88. The summed E-state index contributed by atoms with van der Waals surface area (Å²) in [7, 11) is 0. The highest BCUT2D eigenvalue weighted by atomic mass is 16.6. The molecular weight excluding hydrogens is 400 g/mol. The number of nitrogens with one attached hydrogen (secondary N) is 3. The summed E-state index contributed by atoms with van der Waals surface area (Å²) in [4.78, 5) is 35.8. The number of carbonyl (C=O) groups excluding carboxylic acids is 3. The molecule has 0 radical (unpaired) electrons. The van der Waals surface area contributed by atoms with Crippen LogP contribution in [-0.4, -0.2) is 47.2 Å². The van der Waals surface area contributed by atoms with Crippen molar-refractivity contribution < 1.29 is 24.2 Å². The fourth-order valence-corrected chi connectivity index (χ4v) is 2.85. The Morgan fingerprint density at radius 1 is 1.16 bits per heavy atom. The maximum Gasteiger partial charge on any atom is 0.407 e. The van der Waals surface area contributed by atoms with Crippen molar-refractivity contribution in [3.8, 4) is 5.75 Å². The zero-order valence-corrected chi connectivity index (χ0v) is 19.2. The second kappa shape index (κ2) is 11.5. The lowest BCUT2D eigenvalue weighted by Gasteiger charge is -2.25. The number of ether oxygens (including phenoxy) is 1. The van der Waals surface area contributed by atoms with Crippen molar-refractivity contribution >= 4 is 23.6 Å². The van der Waals surface area contributed by atoms with Gasteiger partial charge in [-0.15, -0.1) is 0 Å². The lowest BCUT2D eigenvalue weighted by atomic mass is 9.97. The number of hydrogen-bond donors (Lipinski definition) is 5. The summed E-state index contributed by atoms with van der Waals surface area (Å²) < 4.78 is 5.36. The SMILES string of the molecule is CC(C)C[C@H](Cc1ccc(O)c(NC(=O)CNC(=O)C(C)N)c1)NC(=O)OC(C)(C)C. The van der Waals surface area contributed by atoms with Gasteiger partial charge in [0.1, 0.15) is 11.4 Å². The number of nitrogens with two attached hydrogens (primary N) is 1. The number of phenolic OH excluding ortho intramolecular Hbond substituents is 1. The first kappa shape index (κ1) is 26.2. The van der Waals surface area contributed by atoms with Gasteiger partial charge in [-0.3, -0.25) is 9.59 Å². The van der Waals surface area contributed by atoms with Gasteiger partial charge in [-0.05, 0) is 64.2 Å². The Morgan fingerprint density at radius 2 is 1.81 bits per heavy atom. The molecule has 2 atom stereocenters. The Bertz CT molecular complexity index is 772. The van der Waals surface area contributed by atoms with Crippen LogP contribution >= 0.6 is 0 Å². The fourth-order valence-electron chi connectivity index (χ4n) is 2.85. The Labute approximate surface area is 184 Å². The van der Waals surface area contributed by atoms with Crippen molar-refractivity contribution in [2.24, 2.45) is 11.7 Å². The summed E-state index contributed by atoms with van der Waals surface area (Å²) in [6.07, 6.45) is 0.725. The van der Waals surface area contributed by atoms with Crippen LogP contribution in [-0.2, 0) is 20.7 Å². The van der Waals surface area contributed by atoms with Crippen LogP contribution in [0.5, 0.6) is 5.75 Å². The number of hydrogen-bond acceptors (Lipinski definition) is 6. The third-order valence-corrected chi connectivity index (χ3v) is 4.13. The summed E-state index contributed by atoms with van der Waals surface area (Å²) in [6, 6.07) is 3.94. The van der Waals surface area contributed by atoms with Gasteiger partial charge in [0.2, 0.25) is 11.8 Å². The van der Waals surface area contributed by atoms with Gasteiger partial charge in [0, 0.05) is 6.04 Å². The smallest absolute Gasteiger partial charge is 0.407 e. The Kier molecular flexibility index (Phi) is 9.77. The number of phenols is 1. The number of carbonyl (C=O) groups is 3. The third kappa shape index (κ3) is 10.7. The van der Waals surface area contributed by atoms with Crippen LogP contribution in [0.1, 0.15) is 53.5 Å². The van der Waals surface area contributed by atoms with E-state index in [0.717, 1.165) is 12.0 Å². The van der Waals surface area contributed by atoms with E-state index in [1.54, 1.807) is 32.9 Å². The van der Waals surface area contributed by atoms with Crippen LogP contribution < -0.4 is 21.7 Å². The van der Waals surface area contributed by atoms with Crippen molar-refractivity contribution in [2.45, 2.75) is 72.1 Å². The molecule has 1 aromatic rings. The zero-order chi connectivity index (χ0) is 23.8. The van der Waals surface area contributed by atoms with Gasteiger partial charge in [0.25, 0.3) is 0 Å². The molecule has 0 aliphatic carbocycles. The number of aromatic hydroxyl groups is 1. The lowest BCUT2D eigenvalue weighted by molar-refractivity contribution is -0.124. The molecule has 31 heavy (non-hydrogen) atoms. The van der Waals surface area contributed by atoms with E-state index in [0.29, 0.717) is 12.3 Å². The van der Waals surface area contributed by atoms with E-state index in [2.05, 4.69) is 29.8 Å². The van der Waals surface area contributed by atoms with Gasteiger partial charge < -0.3 is 31.5 Å². The van der Waals surface area contributed by atoms with E-state index in [-0.39, 0.29) is 24.0 Å². The van der Waals surface area contributed by atoms with E-state index in [9.17, 15) is 19.5 Å². The Balaban J connectivity index is 2.84. The molecule has 0 aromatic heterocycles. The van der Waals surface area contributed by atoms with Gasteiger partial charge in [-0.1, -0.05) is 19.9 Å². The molecule has 0 bridgehead atoms. The Morgan fingerprint density at radius 3 is 2.35 bits per heavy atom. The number of rotatable bonds is 9. The molecule has 1 unspecified atom stereocenters. The van der Waals surface area contributed by atoms with Crippen LogP contribution in [0, 0.1) is 5.92 Å². The minimum absolute atomic E-state index is 0.101. The summed E-state index contributed by atoms with van der Waals surface area (Å²) in [5, 5.41) is 18.0. The van der Waals surface area contributed by atoms with Gasteiger partial charge >= 0.3 is 6.09 Å². The minimum atomic E-state index is -0.722. The first-order valence-electron chi connectivity index (χ1n) is 10.4. The van der Waals surface area contributed by atoms with Gasteiger partial charge in [-0.25, -0.2) is 4.79 Å². The molecule has 0 aliphatic rings. The standard InChI is InChI=1S/C22H36N4O5/c1-13(2)9-16(25-21(30)31-22(4,5)6)10-15-7-8-18(27)17(11-15)26-19(28)12-24-20(29)14(3)23/h7-8,11,13-14,16,27H,9-10,12,23H2,1-6H3,(H,24,29)(H,25,30)(H,26,28)/t14?,16-/m1/s1. The van der Waals surface area contributed by atoms with Gasteiger partial charge in [-0.2, -0.15) is 0 Å². The van der Waals surface area contributed by atoms with Crippen LogP contribution in [0.15, 0.2) is 18.2 Å². The fraction of sp³-hybridized carbons (Fsp3) is 0.591. The van der Waals surface area contributed by atoms with E-state index in [1.165, 1.54) is 13.0 Å². The largest absolute Gasteiger partial charge is 0.506 e. The number of amides is 3. The monoisotopic (exact) mass is 436 g/mol. The van der Waals surface area contributed by atoms with Crippen molar-refractivity contribution in [1.29, 1.82) is 0 Å². The third-order valence-electron chi connectivity index (χ3n) is 4.13. The van der Waals surface area contributed by atoms with Gasteiger partial charge in [0.15, 0.2) is 0 Å². The molecule has 1 rings (SSSR count).